The Kier molecular flexibility index (Phi) is 7.32. The van der Waals surface area contributed by atoms with E-state index in [-0.39, 0.29) is 10.8 Å². The molecule has 0 saturated heterocycles. The van der Waals surface area contributed by atoms with Gasteiger partial charge in [-0.3, -0.25) is 0 Å². The maximum Gasteiger partial charge on any atom is 0.0546 e. The van der Waals surface area contributed by atoms with Crippen LogP contribution in [0.15, 0.2) is 188 Å². The summed E-state index contributed by atoms with van der Waals surface area (Å²) in [4.78, 5) is 2.51. The van der Waals surface area contributed by atoms with E-state index in [0.717, 1.165) is 11.4 Å². The van der Waals surface area contributed by atoms with Gasteiger partial charge in [-0.15, -0.1) is 0 Å². The molecule has 0 spiro atoms. The van der Waals surface area contributed by atoms with Crippen molar-refractivity contribution in [3.8, 4) is 44.5 Å². The van der Waals surface area contributed by atoms with E-state index in [1.807, 2.05) is 0 Å². The summed E-state index contributed by atoms with van der Waals surface area (Å²) in [6.07, 6.45) is 0. The zero-order valence-electron chi connectivity index (χ0n) is 32.8. The predicted octanol–water partition coefficient (Wildman–Crippen LogP) is 15.4. The van der Waals surface area contributed by atoms with Crippen molar-refractivity contribution in [2.45, 2.75) is 38.5 Å². The van der Waals surface area contributed by atoms with E-state index >= 15 is 0 Å². The van der Waals surface area contributed by atoms with E-state index < -0.39 is 0 Å². The molecule has 2 aliphatic rings. The van der Waals surface area contributed by atoms with Crippen LogP contribution in [0.5, 0.6) is 0 Å². The molecule has 0 amide bonds. The van der Waals surface area contributed by atoms with Gasteiger partial charge in [0.05, 0.1) is 5.69 Å². The molecule has 1 heteroatoms. The zero-order valence-corrected chi connectivity index (χ0v) is 32.8. The number of anilines is 3. The Morgan fingerprint density at radius 3 is 1.74 bits per heavy atom. The van der Waals surface area contributed by atoms with E-state index in [1.165, 1.54) is 94.0 Å². The van der Waals surface area contributed by atoms with Gasteiger partial charge >= 0.3 is 0 Å². The Morgan fingerprint density at radius 2 is 0.895 bits per heavy atom. The standard InChI is InChI=1S/C56H43N/c1-55(2)48-19-11-10-18-45(48)46-31-29-44(35-51(46)55)57(43-27-23-38(24-28-43)36-13-6-5-7-14-36)52-32-26-39-17-12-20-49-53(39)54(52)47-30-25-42(34-50(47)56(49,3)4)41-22-21-37-15-8-9-16-40(37)33-41/h5-35H,1-4H3. The summed E-state index contributed by atoms with van der Waals surface area (Å²) in [7, 11) is 0. The van der Waals surface area contributed by atoms with Crippen LogP contribution in [-0.4, -0.2) is 0 Å². The van der Waals surface area contributed by atoms with Crippen molar-refractivity contribution in [3.63, 3.8) is 0 Å². The molecule has 9 aromatic carbocycles. The monoisotopic (exact) mass is 729 g/mol. The number of hydrogen-bond donors (Lipinski definition) is 0. The van der Waals surface area contributed by atoms with Crippen LogP contribution in [0.2, 0.25) is 0 Å². The third-order valence-corrected chi connectivity index (χ3v) is 13.0. The minimum atomic E-state index is -0.209. The number of rotatable bonds is 5. The molecule has 0 N–H and O–H groups in total. The zero-order chi connectivity index (χ0) is 38.5. The third-order valence-electron chi connectivity index (χ3n) is 13.0. The van der Waals surface area contributed by atoms with Gasteiger partial charge in [-0.1, -0.05) is 173 Å². The van der Waals surface area contributed by atoms with Gasteiger partial charge in [-0.25, -0.2) is 0 Å². The van der Waals surface area contributed by atoms with E-state index in [2.05, 4.69) is 221 Å². The lowest BCUT2D eigenvalue weighted by Crippen LogP contribution is -2.25. The van der Waals surface area contributed by atoms with Crippen molar-refractivity contribution in [1.29, 1.82) is 0 Å². The van der Waals surface area contributed by atoms with Crippen LogP contribution in [0.1, 0.15) is 49.9 Å². The Hall–Kier alpha value is -6.70. The second kappa shape index (κ2) is 12.4. The number of nitrogens with zero attached hydrogens (tertiary/aromatic N) is 1. The van der Waals surface area contributed by atoms with Gasteiger partial charge in [0.25, 0.3) is 0 Å². The Bertz CT molecular complexity index is 3060. The predicted molar refractivity (Wildman–Crippen MR) is 242 cm³/mol. The molecule has 0 atom stereocenters. The summed E-state index contributed by atoms with van der Waals surface area (Å²) in [5.74, 6) is 0. The van der Waals surface area contributed by atoms with Gasteiger partial charge in [0.15, 0.2) is 0 Å². The lowest BCUT2D eigenvalue weighted by molar-refractivity contribution is 0.645. The fraction of sp³-hybridized carbons (Fsp3) is 0.107. The number of hydrogen-bond acceptors (Lipinski definition) is 1. The fourth-order valence-corrected chi connectivity index (χ4v) is 10.0. The molecule has 1 nitrogen and oxygen atoms in total. The van der Waals surface area contributed by atoms with Crippen molar-refractivity contribution in [1.82, 2.24) is 0 Å². The van der Waals surface area contributed by atoms with Crippen molar-refractivity contribution in [2.24, 2.45) is 0 Å². The number of fused-ring (bicyclic) bond motifs is 6. The first kappa shape index (κ1) is 33.6. The van der Waals surface area contributed by atoms with Gasteiger partial charge in [0, 0.05) is 27.8 Å². The molecule has 0 fully saturated rings. The molecule has 0 aliphatic heterocycles. The lowest BCUT2D eigenvalue weighted by Gasteiger charge is -2.38. The minimum absolute atomic E-state index is 0.120. The first-order valence-electron chi connectivity index (χ1n) is 20.2. The average Bonchev–Trinajstić information content (AvgIpc) is 3.48. The van der Waals surface area contributed by atoms with Crippen LogP contribution in [0.4, 0.5) is 17.1 Å². The summed E-state index contributed by atoms with van der Waals surface area (Å²) in [5, 5.41) is 5.14. The molecule has 0 unspecified atom stereocenters. The Labute approximate surface area is 335 Å². The van der Waals surface area contributed by atoms with Gasteiger partial charge < -0.3 is 4.90 Å². The van der Waals surface area contributed by atoms with Crippen LogP contribution in [-0.2, 0) is 10.8 Å². The van der Waals surface area contributed by atoms with Crippen LogP contribution in [0, 0.1) is 0 Å². The second-order valence-electron chi connectivity index (χ2n) is 17.0. The van der Waals surface area contributed by atoms with Crippen LogP contribution >= 0.6 is 0 Å². The quantitative estimate of drug-likeness (QED) is 0.170. The van der Waals surface area contributed by atoms with E-state index in [9.17, 15) is 0 Å². The molecular formula is C56H43N. The topological polar surface area (TPSA) is 3.24 Å². The Balaban J connectivity index is 1.15. The molecule has 0 bridgehead atoms. The maximum absolute atomic E-state index is 2.51. The second-order valence-corrected chi connectivity index (χ2v) is 17.0. The van der Waals surface area contributed by atoms with E-state index in [4.69, 9.17) is 0 Å². The highest BCUT2D eigenvalue weighted by molar-refractivity contribution is 6.10. The molecule has 0 heterocycles. The minimum Gasteiger partial charge on any atom is -0.310 e. The molecule has 0 aromatic heterocycles. The highest BCUT2D eigenvalue weighted by Crippen LogP contribution is 2.56. The highest BCUT2D eigenvalue weighted by Gasteiger charge is 2.38. The average molecular weight is 730 g/mol. The molecule has 0 saturated carbocycles. The molecule has 57 heavy (non-hydrogen) atoms. The first-order valence-corrected chi connectivity index (χ1v) is 20.2. The van der Waals surface area contributed by atoms with Crippen LogP contribution < -0.4 is 4.90 Å². The summed E-state index contributed by atoms with van der Waals surface area (Å²) in [5.41, 5.74) is 18.8. The molecular weight excluding hydrogens is 687 g/mol. The summed E-state index contributed by atoms with van der Waals surface area (Å²) in [6.45, 7) is 9.55. The van der Waals surface area contributed by atoms with Gasteiger partial charge in [0.1, 0.15) is 0 Å². The molecule has 2 aliphatic carbocycles. The normalized spacial score (nSPS) is 14.2. The Morgan fingerprint density at radius 1 is 0.333 bits per heavy atom. The smallest absolute Gasteiger partial charge is 0.0546 e. The molecule has 9 aromatic rings. The van der Waals surface area contributed by atoms with Crippen molar-refractivity contribution >= 4 is 38.6 Å². The summed E-state index contributed by atoms with van der Waals surface area (Å²) in [6, 6.07) is 70.2. The third kappa shape index (κ3) is 5.08. The van der Waals surface area contributed by atoms with Crippen LogP contribution in [0.25, 0.3) is 66.1 Å². The van der Waals surface area contributed by atoms with Gasteiger partial charge in [-0.05, 0) is 125 Å². The van der Waals surface area contributed by atoms with Crippen LogP contribution in [0.3, 0.4) is 0 Å². The van der Waals surface area contributed by atoms with E-state index in [1.54, 1.807) is 0 Å². The van der Waals surface area contributed by atoms with Gasteiger partial charge in [-0.2, -0.15) is 0 Å². The lowest BCUT2D eigenvalue weighted by atomic mass is 9.67. The maximum atomic E-state index is 2.51. The fourth-order valence-electron chi connectivity index (χ4n) is 10.0. The summed E-state index contributed by atoms with van der Waals surface area (Å²) < 4.78 is 0. The van der Waals surface area contributed by atoms with Gasteiger partial charge in [0.2, 0.25) is 0 Å². The van der Waals surface area contributed by atoms with Crippen molar-refractivity contribution in [2.75, 3.05) is 4.90 Å². The SMILES string of the molecule is CC1(C)c2ccccc2-c2ccc(N(c3ccc(-c4ccccc4)cc3)c3ccc4cccc5c4c3-c3ccc(-c4ccc6ccccc6c4)cc3C5(C)C)cc21. The van der Waals surface area contributed by atoms with Crippen molar-refractivity contribution in [3.05, 3.63) is 210 Å². The van der Waals surface area contributed by atoms with Crippen molar-refractivity contribution < 1.29 is 0 Å². The molecule has 272 valence electrons. The highest BCUT2D eigenvalue weighted by atomic mass is 15.1. The van der Waals surface area contributed by atoms with E-state index in [0.29, 0.717) is 0 Å². The molecule has 0 radical (unpaired) electrons. The summed E-state index contributed by atoms with van der Waals surface area (Å²) >= 11 is 0. The first-order chi connectivity index (χ1) is 27.8. The largest absolute Gasteiger partial charge is 0.310 e. The molecule has 11 rings (SSSR count). The number of benzene rings is 9.